The van der Waals surface area contributed by atoms with Gasteiger partial charge in [0, 0.05) is 57.6 Å². The summed E-state index contributed by atoms with van der Waals surface area (Å²) in [6.07, 6.45) is 4.39. The number of morpholine rings is 1. The van der Waals surface area contributed by atoms with Crippen LogP contribution in [0.15, 0.2) is 6.07 Å². The zero-order valence-electron chi connectivity index (χ0n) is 17.8. The van der Waals surface area contributed by atoms with E-state index in [0.29, 0.717) is 31.1 Å². The lowest BCUT2D eigenvalue weighted by Crippen LogP contribution is -2.52. The number of aromatic nitrogens is 2. The Morgan fingerprint density at radius 1 is 1.10 bits per heavy atom. The number of carbonyl (C=O) groups excluding carboxylic acids is 1. The maximum Gasteiger partial charge on any atom is 0.227 e. The monoisotopic (exact) mass is 402 g/mol. The molecule has 1 aromatic rings. The van der Waals surface area contributed by atoms with Crippen LogP contribution >= 0.6 is 0 Å². The number of hydrogen-bond donors (Lipinski definition) is 1. The van der Waals surface area contributed by atoms with Gasteiger partial charge in [0.1, 0.15) is 5.82 Å². The molecule has 0 aromatic carbocycles. The fourth-order valence-electron chi connectivity index (χ4n) is 4.87. The van der Waals surface area contributed by atoms with E-state index in [1.807, 2.05) is 18.9 Å². The van der Waals surface area contributed by atoms with Crippen LogP contribution in [0.1, 0.15) is 31.4 Å². The lowest BCUT2D eigenvalue weighted by molar-refractivity contribution is -0.141. The summed E-state index contributed by atoms with van der Waals surface area (Å²) in [6.45, 7) is 8.91. The molecule has 3 saturated heterocycles. The van der Waals surface area contributed by atoms with Crippen LogP contribution in [0.2, 0.25) is 0 Å². The van der Waals surface area contributed by atoms with Crippen molar-refractivity contribution in [3.63, 3.8) is 0 Å². The van der Waals surface area contributed by atoms with Crippen molar-refractivity contribution in [1.29, 1.82) is 0 Å². The van der Waals surface area contributed by atoms with E-state index in [0.717, 1.165) is 76.5 Å². The van der Waals surface area contributed by atoms with Gasteiger partial charge in [-0.3, -0.25) is 9.69 Å². The topological polar surface area (TPSA) is 73.8 Å². The van der Waals surface area contributed by atoms with Crippen LogP contribution in [0.3, 0.4) is 0 Å². The molecule has 3 fully saturated rings. The standard InChI is InChI=1S/C21H34N6O2/c1-16-14-19(24-21(22-2)23-16)25-8-5-18(6-9-25)27-7-3-4-17(15-27)20(28)26-10-12-29-13-11-26/h14,17-18H,3-13,15H2,1-2H3,(H,22,23,24)/t17-/m1/s1. The van der Waals surface area contributed by atoms with Crippen molar-refractivity contribution in [3.05, 3.63) is 11.8 Å². The lowest BCUT2D eigenvalue weighted by atomic mass is 9.92. The van der Waals surface area contributed by atoms with Gasteiger partial charge in [0.25, 0.3) is 0 Å². The van der Waals surface area contributed by atoms with Crippen LogP contribution < -0.4 is 10.2 Å². The maximum atomic E-state index is 12.9. The van der Waals surface area contributed by atoms with Crippen molar-refractivity contribution in [2.75, 3.05) is 69.7 Å². The Balaban J connectivity index is 1.32. The Kier molecular flexibility index (Phi) is 6.50. The van der Waals surface area contributed by atoms with Gasteiger partial charge in [-0.25, -0.2) is 4.98 Å². The molecule has 0 unspecified atom stereocenters. The lowest BCUT2D eigenvalue weighted by Gasteiger charge is -2.43. The number of hydrogen-bond acceptors (Lipinski definition) is 7. The highest BCUT2D eigenvalue weighted by atomic mass is 16.5. The summed E-state index contributed by atoms with van der Waals surface area (Å²) in [7, 11) is 1.86. The zero-order valence-corrected chi connectivity index (χ0v) is 17.8. The highest BCUT2D eigenvalue weighted by Gasteiger charge is 2.34. The van der Waals surface area contributed by atoms with Crippen LogP contribution in [0.4, 0.5) is 11.8 Å². The Bertz CT molecular complexity index is 700. The van der Waals surface area contributed by atoms with Crippen LogP contribution in [-0.4, -0.2) is 91.2 Å². The number of ether oxygens (including phenoxy) is 1. The normalized spacial score (nSPS) is 24.6. The quantitative estimate of drug-likeness (QED) is 0.815. The second kappa shape index (κ2) is 9.26. The minimum Gasteiger partial charge on any atom is -0.378 e. The van der Waals surface area contributed by atoms with Crippen LogP contribution in [0.25, 0.3) is 0 Å². The Morgan fingerprint density at radius 3 is 2.59 bits per heavy atom. The summed E-state index contributed by atoms with van der Waals surface area (Å²) in [5, 5.41) is 3.05. The Hall–Kier alpha value is -1.93. The molecule has 0 saturated carbocycles. The van der Waals surface area contributed by atoms with Crippen molar-refractivity contribution < 1.29 is 9.53 Å². The molecule has 3 aliphatic rings. The predicted molar refractivity (Wildman–Crippen MR) is 113 cm³/mol. The van der Waals surface area contributed by atoms with Gasteiger partial charge in [-0.1, -0.05) is 0 Å². The number of nitrogens with zero attached hydrogens (tertiary/aromatic N) is 5. The van der Waals surface area contributed by atoms with E-state index in [-0.39, 0.29) is 5.92 Å². The predicted octanol–water partition coefficient (Wildman–Crippen LogP) is 1.37. The van der Waals surface area contributed by atoms with Gasteiger partial charge < -0.3 is 19.9 Å². The van der Waals surface area contributed by atoms with E-state index in [2.05, 4.69) is 31.2 Å². The van der Waals surface area contributed by atoms with Crippen molar-refractivity contribution in [3.8, 4) is 0 Å². The third-order valence-corrected chi connectivity index (χ3v) is 6.49. The molecule has 29 heavy (non-hydrogen) atoms. The Labute approximate surface area is 173 Å². The first kappa shape index (κ1) is 20.3. The summed E-state index contributed by atoms with van der Waals surface area (Å²) < 4.78 is 5.40. The minimum atomic E-state index is 0.155. The molecule has 0 spiro atoms. The molecular formula is C21H34N6O2. The number of anilines is 2. The second-order valence-corrected chi connectivity index (χ2v) is 8.43. The fraction of sp³-hybridized carbons (Fsp3) is 0.762. The summed E-state index contributed by atoms with van der Waals surface area (Å²) in [4.78, 5) is 28.9. The number of amides is 1. The SMILES string of the molecule is CNc1nc(C)cc(N2CCC(N3CCC[C@@H](C(=O)N4CCOCC4)C3)CC2)n1. The van der Waals surface area contributed by atoms with E-state index >= 15 is 0 Å². The largest absolute Gasteiger partial charge is 0.378 e. The number of aryl methyl sites for hydroxylation is 1. The number of carbonyl (C=O) groups is 1. The molecule has 1 N–H and O–H groups in total. The molecule has 4 heterocycles. The maximum absolute atomic E-state index is 12.9. The van der Waals surface area contributed by atoms with Crippen molar-refractivity contribution in [2.45, 2.75) is 38.6 Å². The second-order valence-electron chi connectivity index (χ2n) is 8.43. The number of likely N-dealkylation sites (tertiary alicyclic amines) is 1. The smallest absolute Gasteiger partial charge is 0.227 e. The molecule has 8 nitrogen and oxygen atoms in total. The third kappa shape index (κ3) is 4.80. The summed E-state index contributed by atoms with van der Waals surface area (Å²) in [5.74, 6) is 2.19. The van der Waals surface area contributed by atoms with E-state index in [1.54, 1.807) is 0 Å². The van der Waals surface area contributed by atoms with Crippen molar-refractivity contribution in [1.82, 2.24) is 19.8 Å². The molecule has 0 bridgehead atoms. The van der Waals surface area contributed by atoms with E-state index < -0.39 is 0 Å². The molecular weight excluding hydrogens is 368 g/mol. The molecule has 0 radical (unpaired) electrons. The Morgan fingerprint density at radius 2 is 1.86 bits per heavy atom. The van der Waals surface area contributed by atoms with Gasteiger partial charge in [-0.05, 0) is 39.2 Å². The van der Waals surface area contributed by atoms with Crippen LogP contribution in [-0.2, 0) is 9.53 Å². The molecule has 0 aliphatic carbocycles. The molecule has 1 aromatic heterocycles. The van der Waals surface area contributed by atoms with E-state index in [9.17, 15) is 4.79 Å². The van der Waals surface area contributed by atoms with Crippen molar-refractivity contribution >= 4 is 17.7 Å². The number of nitrogens with one attached hydrogen (secondary N) is 1. The fourth-order valence-corrected chi connectivity index (χ4v) is 4.87. The summed E-state index contributed by atoms with van der Waals surface area (Å²) >= 11 is 0. The number of rotatable bonds is 4. The third-order valence-electron chi connectivity index (χ3n) is 6.49. The highest BCUT2D eigenvalue weighted by Crippen LogP contribution is 2.27. The zero-order chi connectivity index (χ0) is 20.2. The van der Waals surface area contributed by atoms with Gasteiger partial charge in [-0.15, -0.1) is 0 Å². The van der Waals surface area contributed by atoms with Crippen LogP contribution in [0, 0.1) is 12.8 Å². The minimum absolute atomic E-state index is 0.155. The van der Waals surface area contributed by atoms with Crippen LogP contribution in [0.5, 0.6) is 0 Å². The van der Waals surface area contributed by atoms with E-state index in [4.69, 9.17) is 4.74 Å². The molecule has 3 aliphatic heterocycles. The highest BCUT2D eigenvalue weighted by molar-refractivity contribution is 5.79. The molecule has 160 valence electrons. The first-order valence-electron chi connectivity index (χ1n) is 11.0. The van der Waals surface area contributed by atoms with Gasteiger partial charge in [0.2, 0.25) is 11.9 Å². The van der Waals surface area contributed by atoms with Gasteiger partial charge in [-0.2, -0.15) is 4.98 Å². The summed E-state index contributed by atoms with van der Waals surface area (Å²) in [5.41, 5.74) is 0.988. The van der Waals surface area contributed by atoms with Gasteiger partial charge in [0.05, 0.1) is 19.1 Å². The average molecular weight is 403 g/mol. The van der Waals surface area contributed by atoms with Gasteiger partial charge >= 0.3 is 0 Å². The number of piperidine rings is 2. The molecule has 4 rings (SSSR count). The summed E-state index contributed by atoms with van der Waals surface area (Å²) in [6, 6.07) is 2.64. The molecule has 1 atom stereocenters. The average Bonchev–Trinajstić information content (AvgIpc) is 2.79. The molecule has 8 heteroatoms. The van der Waals surface area contributed by atoms with E-state index in [1.165, 1.54) is 0 Å². The van der Waals surface area contributed by atoms with Gasteiger partial charge in [0.15, 0.2) is 0 Å². The first-order valence-corrected chi connectivity index (χ1v) is 11.0. The molecule has 1 amide bonds. The van der Waals surface area contributed by atoms with Crippen molar-refractivity contribution in [2.24, 2.45) is 5.92 Å². The first-order chi connectivity index (χ1) is 14.1.